The van der Waals surface area contributed by atoms with Gasteiger partial charge < -0.3 is 9.63 Å². The van der Waals surface area contributed by atoms with Gasteiger partial charge in [-0.15, -0.1) is 0 Å². The standard InChI is InChI=1S/C15H18N2O2S/c18-12(11-6-2-1-3-7-11)10-14-16-15(17-19-14)13-8-4-5-9-20-13/h1-3,6-7,12-13,18H,4-5,8-10H2. The van der Waals surface area contributed by atoms with Crippen LogP contribution in [0.3, 0.4) is 0 Å². The smallest absolute Gasteiger partial charge is 0.229 e. The van der Waals surface area contributed by atoms with Crippen molar-refractivity contribution in [2.24, 2.45) is 0 Å². The Bertz CT molecular complexity index is 538. The average molecular weight is 290 g/mol. The topological polar surface area (TPSA) is 59.2 Å². The zero-order valence-corrected chi connectivity index (χ0v) is 12.1. The van der Waals surface area contributed by atoms with E-state index in [0.29, 0.717) is 17.6 Å². The second kappa shape index (κ2) is 6.41. The summed E-state index contributed by atoms with van der Waals surface area (Å²) >= 11 is 1.90. The summed E-state index contributed by atoms with van der Waals surface area (Å²) < 4.78 is 5.28. The largest absolute Gasteiger partial charge is 0.388 e. The van der Waals surface area contributed by atoms with Gasteiger partial charge in [-0.25, -0.2) is 0 Å². The first-order valence-corrected chi connectivity index (χ1v) is 8.05. The first-order chi connectivity index (χ1) is 9.83. The monoisotopic (exact) mass is 290 g/mol. The Morgan fingerprint density at radius 2 is 2.15 bits per heavy atom. The maximum absolute atomic E-state index is 10.2. The third-order valence-electron chi connectivity index (χ3n) is 3.50. The van der Waals surface area contributed by atoms with E-state index in [1.165, 1.54) is 18.6 Å². The molecule has 1 aliphatic rings. The molecule has 3 rings (SSSR count). The molecule has 2 atom stereocenters. The van der Waals surface area contributed by atoms with E-state index in [0.717, 1.165) is 17.8 Å². The normalized spacial score (nSPS) is 20.8. The van der Waals surface area contributed by atoms with Crippen molar-refractivity contribution in [3.8, 4) is 0 Å². The lowest BCUT2D eigenvalue weighted by Crippen LogP contribution is -2.05. The van der Waals surface area contributed by atoms with Gasteiger partial charge in [0.1, 0.15) is 0 Å². The molecule has 106 valence electrons. The van der Waals surface area contributed by atoms with Crippen molar-refractivity contribution in [1.82, 2.24) is 10.1 Å². The molecular weight excluding hydrogens is 272 g/mol. The van der Waals surface area contributed by atoms with Crippen molar-refractivity contribution in [2.75, 3.05) is 5.75 Å². The van der Waals surface area contributed by atoms with Crippen LogP contribution < -0.4 is 0 Å². The maximum atomic E-state index is 10.2. The highest BCUT2D eigenvalue weighted by atomic mass is 32.2. The van der Waals surface area contributed by atoms with Gasteiger partial charge in [0.05, 0.1) is 17.8 Å². The Balaban J connectivity index is 1.65. The van der Waals surface area contributed by atoms with Crippen LogP contribution in [0.2, 0.25) is 0 Å². The molecule has 1 aromatic heterocycles. The predicted octanol–water partition coefficient (Wildman–Crippen LogP) is 3.30. The quantitative estimate of drug-likeness (QED) is 0.936. The molecule has 4 nitrogen and oxygen atoms in total. The molecule has 1 fully saturated rings. The second-order valence-electron chi connectivity index (χ2n) is 5.03. The molecule has 2 unspecified atom stereocenters. The lowest BCUT2D eigenvalue weighted by atomic mass is 10.1. The molecule has 1 N–H and O–H groups in total. The number of aliphatic hydroxyl groups is 1. The number of thioether (sulfide) groups is 1. The van der Waals surface area contributed by atoms with E-state index in [1.54, 1.807) is 0 Å². The SMILES string of the molecule is OC(Cc1nc(C2CCCCS2)no1)c1ccccc1. The molecule has 1 aromatic carbocycles. The van der Waals surface area contributed by atoms with Crippen LogP contribution in [0.5, 0.6) is 0 Å². The lowest BCUT2D eigenvalue weighted by molar-refractivity contribution is 0.164. The van der Waals surface area contributed by atoms with Gasteiger partial charge in [-0.1, -0.05) is 41.9 Å². The Morgan fingerprint density at radius 1 is 1.30 bits per heavy atom. The summed E-state index contributed by atoms with van der Waals surface area (Å²) in [6.45, 7) is 0. The van der Waals surface area contributed by atoms with Gasteiger partial charge in [0.25, 0.3) is 0 Å². The molecule has 0 spiro atoms. The van der Waals surface area contributed by atoms with Crippen LogP contribution in [0.1, 0.15) is 47.9 Å². The zero-order valence-electron chi connectivity index (χ0n) is 11.2. The molecule has 0 bridgehead atoms. The molecule has 2 aromatic rings. The van der Waals surface area contributed by atoms with Crippen molar-refractivity contribution in [3.05, 3.63) is 47.6 Å². The van der Waals surface area contributed by atoms with Gasteiger partial charge in [-0.05, 0) is 24.2 Å². The van der Waals surface area contributed by atoms with Crippen LogP contribution in [-0.2, 0) is 6.42 Å². The first kappa shape index (κ1) is 13.6. The molecule has 0 amide bonds. The van der Waals surface area contributed by atoms with Gasteiger partial charge in [0.2, 0.25) is 5.89 Å². The summed E-state index contributed by atoms with van der Waals surface area (Å²) in [7, 11) is 0. The highest BCUT2D eigenvalue weighted by molar-refractivity contribution is 7.99. The Kier molecular flexibility index (Phi) is 4.38. The summed E-state index contributed by atoms with van der Waals surface area (Å²) in [6, 6.07) is 9.56. The highest BCUT2D eigenvalue weighted by Gasteiger charge is 2.22. The van der Waals surface area contributed by atoms with E-state index in [-0.39, 0.29) is 0 Å². The van der Waals surface area contributed by atoms with Gasteiger partial charge in [-0.3, -0.25) is 0 Å². The number of aromatic nitrogens is 2. The number of nitrogens with zero attached hydrogens (tertiary/aromatic N) is 2. The van der Waals surface area contributed by atoms with E-state index < -0.39 is 6.10 Å². The fourth-order valence-corrected chi connectivity index (χ4v) is 3.62. The van der Waals surface area contributed by atoms with Gasteiger partial charge in [0, 0.05) is 0 Å². The maximum Gasteiger partial charge on any atom is 0.229 e. The van der Waals surface area contributed by atoms with E-state index in [4.69, 9.17) is 4.52 Å². The lowest BCUT2D eigenvalue weighted by Gasteiger charge is -2.17. The number of hydrogen-bond acceptors (Lipinski definition) is 5. The van der Waals surface area contributed by atoms with Crippen molar-refractivity contribution in [1.29, 1.82) is 0 Å². The molecule has 5 heteroatoms. The molecule has 1 saturated heterocycles. The van der Waals surface area contributed by atoms with Gasteiger partial charge in [-0.2, -0.15) is 16.7 Å². The molecule has 20 heavy (non-hydrogen) atoms. The van der Waals surface area contributed by atoms with Gasteiger partial charge in [0.15, 0.2) is 5.82 Å². The molecule has 1 aliphatic heterocycles. The summed E-state index contributed by atoms with van der Waals surface area (Å²) in [5.74, 6) is 2.47. The Labute approximate surface area is 122 Å². The van der Waals surface area contributed by atoms with Crippen LogP contribution >= 0.6 is 11.8 Å². The summed E-state index contributed by atoms with van der Waals surface area (Å²) in [5.41, 5.74) is 0.874. The number of rotatable bonds is 4. The summed E-state index contributed by atoms with van der Waals surface area (Å²) in [5, 5.41) is 14.6. The zero-order chi connectivity index (χ0) is 13.8. The number of hydrogen-bond donors (Lipinski definition) is 1. The average Bonchev–Trinajstić information content (AvgIpc) is 2.97. The third-order valence-corrected chi connectivity index (χ3v) is 4.88. The molecular formula is C15H18N2O2S. The van der Waals surface area contributed by atoms with Crippen molar-refractivity contribution < 1.29 is 9.63 Å². The first-order valence-electron chi connectivity index (χ1n) is 7.00. The van der Waals surface area contributed by atoms with E-state index in [2.05, 4.69) is 10.1 Å². The van der Waals surface area contributed by atoms with E-state index in [9.17, 15) is 5.11 Å². The summed E-state index contributed by atoms with van der Waals surface area (Å²) in [4.78, 5) is 4.44. The fraction of sp³-hybridized carbons (Fsp3) is 0.467. The number of aliphatic hydroxyl groups excluding tert-OH is 1. The predicted molar refractivity (Wildman–Crippen MR) is 78.5 cm³/mol. The van der Waals surface area contributed by atoms with Crippen molar-refractivity contribution in [3.63, 3.8) is 0 Å². The second-order valence-corrected chi connectivity index (χ2v) is 6.34. The van der Waals surface area contributed by atoms with Gasteiger partial charge >= 0.3 is 0 Å². The van der Waals surface area contributed by atoms with Crippen LogP contribution in [0.15, 0.2) is 34.9 Å². The van der Waals surface area contributed by atoms with Crippen molar-refractivity contribution in [2.45, 2.75) is 37.0 Å². The summed E-state index contributed by atoms with van der Waals surface area (Å²) in [6.07, 6.45) is 3.40. The molecule has 0 aliphatic carbocycles. The minimum atomic E-state index is -0.594. The third kappa shape index (κ3) is 3.22. The van der Waals surface area contributed by atoms with Crippen LogP contribution in [0.25, 0.3) is 0 Å². The van der Waals surface area contributed by atoms with Crippen molar-refractivity contribution >= 4 is 11.8 Å². The fourth-order valence-electron chi connectivity index (χ4n) is 2.38. The Morgan fingerprint density at radius 3 is 2.90 bits per heavy atom. The van der Waals surface area contributed by atoms with Crippen LogP contribution in [0.4, 0.5) is 0 Å². The highest BCUT2D eigenvalue weighted by Crippen LogP contribution is 2.36. The minimum Gasteiger partial charge on any atom is -0.388 e. The molecule has 0 saturated carbocycles. The van der Waals surface area contributed by atoms with Crippen LogP contribution in [0, 0.1) is 0 Å². The minimum absolute atomic E-state index is 0.357. The van der Waals surface area contributed by atoms with E-state index >= 15 is 0 Å². The van der Waals surface area contributed by atoms with Crippen LogP contribution in [-0.4, -0.2) is 21.0 Å². The van der Waals surface area contributed by atoms with E-state index in [1.807, 2.05) is 42.1 Å². The number of benzene rings is 1. The molecule has 0 radical (unpaired) electrons. The molecule has 2 heterocycles. The Hall–Kier alpha value is -1.33.